The zero-order valence-electron chi connectivity index (χ0n) is 24.7. The van der Waals surface area contributed by atoms with E-state index in [2.05, 4.69) is 5.32 Å². The molecule has 1 aliphatic heterocycles. The molecule has 0 saturated heterocycles. The molecule has 4 aromatic rings. The summed E-state index contributed by atoms with van der Waals surface area (Å²) >= 11 is 0. The van der Waals surface area contributed by atoms with Gasteiger partial charge >= 0.3 is 0 Å². The quantitative estimate of drug-likeness (QED) is 0.262. The predicted octanol–water partition coefficient (Wildman–Crippen LogP) is 7.24. The molecule has 1 N–H and O–H groups in total. The highest BCUT2D eigenvalue weighted by atomic mass is 16.5. The third kappa shape index (κ3) is 5.12. The lowest BCUT2D eigenvalue weighted by Crippen LogP contribution is -2.38. The number of hydrogen-bond acceptors (Lipinski definition) is 6. The number of amides is 1. The van der Waals surface area contributed by atoms with E-state index < -0.39 is 6.04 Å². The van der Waals surface area contributed by atoms with Gasteiger partial charge in [0.15, 0.2) is 17.3 Å². The minimum atomic E-state index is -0.618. The van der Waals surface area contributed by atoms with Crippen LogP contribution in [-0.4, -0.2) is 33.0 Å². The smallest absolute Gasteiger partial charge is 0.259 e. The van der Waals surface area contributed by atoms with Crippen LogP contribution >= 0.6 is 0 Å². The van der Waals surface area contributed by atoms with Gasteiger partial charge in [-0.1, -0.05) is 60.2 Å². The van der Waals surface area contributed by atoms with Gasteiger partial charge < -0.3 is 19.5 Å². The second kappa shape index (κ2) is 11.7. The van der Waals surface area contributed by atoms with Crippen LogP contribution in [0.4, 0.5) is 11.4 Å². The average Bonchev–Trinajstić information content (AvgIpc) is 3.19. The summed E-state index contributed by atoms with van der Waals surface area (Å²) in [5, 5.41) is 3.60. The number of fused-ring (bicyclic) bond motifs is 1. The zero-order valence-corrected chi connectivity index (χ0v) is 24.7. The number of nitrogens with zero attached hydrogens (tertiary/aromatic N) is 1. The molecule has 218 valence electrons. The number of ether oxygens (including phenoxy) is 3. The maximum atomic E-state index is 14.4. The van der Waals surface area contributed by atoms with E-state index >= 15 is 0 Å². The Labute approximate surface area is 251 Å². The first-order valence-electron chi connectivity index (χ1n) is 14.3. The van der Waals surface area contributed by atoms with Gasteiger partial charge in [-0.15, -0.1) is 0 Å². The van der Waals surface area contributed by atoms with Gasteiger partial charge in [0.2, 0.25) is 5.75 Å². The lowest BCUT2D eigenvalue weighted by molar-refractivity contribution is -0.116. The number of rotatable bonds is 6. The van der Waals surface area contributed by atoms with Crippen LogP contribution in [-0.2, 0) is 4.79 Å². The number of allylic oxidation sites excluding steroid dienone is 1. The third-order valence-corrected chi connectivity index (χ3v) is 8.28. The first-order chi connectivity index (χ1) is 20.9. The van der Waals surface area contributed by atoms with E-state index in [0.717, 1.165) is 28.1 Å². The van der Waals surface area contributed by atoms with Crippen molar-refractivity contribution in [2.45, 2.75) is 31.7 Å². The highest BCUT2D eigenvalue weighted by Gasteiger charge is 2.42. The highest BCUT2D eigenvalue weighted by molar-refractivity contribution is 6.12. The third-order valence-electron chi connectivity index (χ3n) is 8.28. The van der Waals surface area contributed by atoms with E-state index in [1.165, 1.54) is 0 Å². The Kier molecular flexibility index (Phi) is 7.63. The van der Waals surface area contributed by atoms with Gasteiger partial charge in [0, 0.05) is 23.3 Å². The molecule has 0 aromatic heterocycles. The SMILES string of the molecule is COc1cc([C@H]2CC(=O)C3=C(C2)Nc2ccccc2N(C(=O)c2ccccc2)[C@H]3c2ccc(C)cc2)cc(OC)c1OC. The molecule has 0 spiro atoms. The van der Waals surface area contributed by atoms with Crippen LogP contribution < -0.4 is 24.4 Å². The summed E-state index contributed by atoms with van der Waals surface area (Å²) in [6.45, 7) is 2.03. The van der Waals surface area contributed by atoms with Crippen molar-refractivity contribution in [3.05, 3.63) is 125 Å². The number of Topliss-reactive ketones (excluding diaryl/α,β-unsaturated/α-hetero) is 1. The molecule has 2 atom stereocenters. The summed E-state index contributed by atoms with van der Waals surface area (Å²) in [4.78, 5) is 30.5. The number of benzene rings is 4. The van der Waals surface area contributed by atoms with Crippen molar-refractivity contribution in [3.8, 4) is 17.2 Å². The molecular formula is C36H34N2O5. The molecule has 1 aliphatic carbocycles. The molecule has 7 heteroatoms. The van der Waals surface area contributed by atoms with Crippen molar-refractivity contribution < 1.29 is 23.8 Å². The molecule has 0 saturated carbocycles. The Bertz CT molecular complexity index is 1690. The van der Waals surface area contributed by atoms with Crippen molar-refractivity contribution in [1.29, 1.82) is 0 Å². The van der Waals surface area contributed by atoms with Crippen molar-refractivity contribution >= 4 is 23.1 Å². The molecule has 1 heterocycles. The van der Waals surface area contributed by atoms with Gasteiger partial charge in [-0.25, -0.2) is 0 Å². The number of carbonyl (C=O) groups excluding carboxylic acids is 2. The maximum Gasteiger partial charge on any atom is 0.259 e. The number of carbonyl (C=O) groups is 2. The van der Waals surface area contributed by atoms with Crippen molar-refractivity contribution in [3.63, 3.8) is 0 Å². The molecule has 4 aromatic carbocycles. The Morgan fingerprint density at radius 1 is 0.791 bits per heavy atom. The van der Waals surface area contributed by atoms with E-state index in [4.69, 9.17) is 14.2 Å². The minimum absolute atomic E-state index is 0.0169. The maximum absolute atomic E-state index is 14.4. The number of anilines is 2. The Balaban J connectivity index is 1.53. The zero-order chi connectivity index (χ0) is 30.1. The Hall–Kier alpha value is -5.04. The first kappa shape index (κ1) is 28.1. The number of ketones is 1. The molecule has 0 fully saturated rings. The molecule has 0 bridgehead atoms. The van der Waals surface area contributed by atoms with E-state index in [1.807, 2.05) is 97.9 Å². The van der Waals surface area contributed by atoms with Crippen molar-refractivity contribution in [2.75, 3.05) is 31.5 Å². The fourth-order valence-corrected chi connectivity index (χ4v) is 6.17. The number of para-hydroxylation sites is 2. The summed E-state index contributed by atoms with van der Waals surface area (Å²) in [5.41, 5.74) is 6.34. The molecule has 6 rings (SSSR count). The standard InChI is InChI=1S/C36H34N2O5/c1-22-14-16-23(17-15-22)34-33-28(18-25(19-30(33)39)26-20-31(41-2)35(43-4)32(21-26)42-3)37-27-12-8-9-13-29(27)38(34)36(40)24-10-6-5-7-11-24/h5-17,20-21,25,34,37H,18-19H2,1-4H3/t25-,34+/m1/s1. The molecule has 0 unspecified atom stereocenters. The normalized spacial score (nSPS) is 17.8. The van der Waals surface area contributed by atoms with Gasteiger partial charge in [-0.2, -0.15) is 0 Å². The van der Waals surface area contributed by atoms with E-state index in [1.54, 1.807) is 26.2 Å². The largest absolute Gasteiger partial charge is 0.493 e. The van der Waals surface area contributed by atoms with Crippen molar-refractivity contribution in [1.82, 2.24) is 0 Å². The molecule has 7 nitrogen and oxygen atoms in total. The van der Waals surface area contributed by atoms with E-state index in [-0.39, 0.29) is 24.0 Å². The van der Waals surface area contributed by atoms with Crippen LogP contribution in [0.3, 0.4) is 0 Å². The van der Waals surface area contributed by atoms with Crippen LogP contribution in [0, 0.1) is 6.92 Å². The molecule has 1 amide bonds. The fraction of sp³-hybridized carbons (Fsp3) is 0.222. The molecule has 2 aliphatic rings. The van der Waals surface area contributed by atoms with Crippen LogP contribution in [0.5, 0.6) is 17.2 Å². The monoisotopic (exact) mass is 574 g/mol. The second-order valence-electron chi connectivity index (χ2n) is 10.9. The van der Waals surface area contributed by atoms with Gasteiger partial charge in [0.25, 0.3) is 5.91 Å². The number of hydrogen-bond donors (Lipinski definition) is 1. The highest BCUT2D eigenvalue weighted by Crippen LogP contribution is 2.49. The lowest BCUT2D eigenvalue weighted by atomic mass is 9.78. The second-order valence-corrected chi connectivity index (χ2v) is 10.9. The molecule has 43 heavy (non-hydrogen) atoms. The number of nitrogens with one attached hydrogen (secondary N) is 1. The summed E-state index contributed by atoms with van der Waals surface area (Å²) in [6.07, 6.45) is 0.828. The lowest BCUT2D eigenvalue weighted by Gasteiger charge is -2.35. The predicted molar refractivity (Wildman–Crippen MR) is 167 cm³/mol. The molecule has 0 radical (unpaired) electrons. The average molecular weight is 575 g/mol. The number of aryl methyl sites for hydroxylation is 1. The summed E-state index contributed by atoms with van der Waals surface area (Å²) in [5.74, 6) is 1.26. The van der Waals surface area contributed by atoms with Crippen LogP contribution in [0.2, 0.25) is 0 Å². The van der Waals surface area contributed by atoms with Crippen LogP contribution in [0.25, 0.3) is 0 Å². The topological polar surface area (TPSA) is 77.1 Å². The van der Waals surface area contributed by atoms with E-state index in [0.29, 0.717) is 40.5 Å². The summed E-state index contributed by atoms with van der Waals surface area (Å²) in [6, 6.07) is 28.3. The minimum Gasteiger partial charge on any atom is -0.493 e. The van der Waals surface area contributed by atoms with Crippen LogP contribution in [0.15, 0.2) is 102 Å². The van der Waals surface area contributed by atoms with Gasteiger partial charge in [-0.3, -0.25) is 14.5 Å². The summed E-state index contributed by atoms with van der Waals surface area (Å²) < 4.78 is 16.8. The van der Waals surface area contributed by atoms with Gasteiger partial charge in [0.1, 0.15) is 0 Å². The Morgan fingerprint density at radius 3 is 2.09 bits per heavy atom. The van der Waals surface area contributed by atoms with Crippen molar-refractivity contribution in [2.24, 2.45) is 0 Å². The fourth-order valence-electron chi connectivity index (χ4n) is 6.17. The molecular weight excluding hydrogens is 540 g/mol. The van der Waals surface area contributed by atoms with Gasteiger partial charge in [0.05, 0.1) is 38.7 Å². The van der Waals surface area contributed by atoms with Gasteiger partial charge in [-0.05, 0) is 66.8 Å². The van der Waals surface area contributed by atoms with Crippen LogP contribution in [0.1, 0.15) is 51.8 Å². The first-order valence-corrected chi connectivity index (χ1v) is 14.3. The van der Waals surface area contributed by atoms with E-state index in [9.17, 15) is 9.59 Å². The number of methoxy groups -OCH3 is 3. The summed E-state index contributed by atoms with van der Waals surface area (Å²) in [7, 11) is 4.74. The Morgan fingerprint density at radius 2 is 1.44 bits per heavy atom.